The molecule has 1 aromatic carbocycles. The first-order chi connectivity index (χ1) is 10.5. The van der Waals surface area contributed by atoms with E-state index < -0.39 is 17.5 Å². The van der Waals surface area contributed by atoms with Crippen LogP contribution < -0.4 is 0 Å². The van der Waals surface area contributed by atoms with Crippen LogP contribution in [0.15, 0.2) is 24.3 Å². The number of unbranched alkanes of at least 4 members (excludes halogenated alkanes) is 1. The summed E-state index contributed by atoms with van der Waals surface area (Å²) >= 11 is 0. The highest BCUT2D eigenvalue weighted by Crippen LogP contribution is 2.38. The van der Waals surface area contributed by atoms with Gasteiger partial charge in [0.2, 0.25) is 0 Å². The van der Waals surface area contributed by atoms with Crippen molar-refractivity contribution in [2.24, 2.45) is 0 Å². The summed E-state index contributed by atoms with van der Waals surface area (Å²) in [5, 5.41) is 0. The Balaban J connectivity index is 2.04. The third-order valence-corrected chi connectivity index (χ3v) is 3.65. The van der Waals surface area contributed by atoms with Gasteiger partial charge in [0, 0.05) is 25.2 Å². The van der Waals surface area contributed by atoms with Gasteiger partial charge in [0.05, 0.1) is 18.8 Å². The SMILES string of the molecule is CCOCCCCC1(c2ccc(C(F)(F)F)cc2)OCCO1. The van der Waals surface area contributed by atoms with Gasteiger partial charge in [-0.3, -0.25) is 0 Å². The monoisotopic (exact) mass is 318 g/mol. The zero-order valence-corrected chi connectivity index (χ0v) is 12.6. The minimum atomic E-state index is -4.33. The average Bonchev–Trinajstić information content (AvgIpc) is 2.96. The minimum absolute atomic E-state index is 0.451. The molecule has 0 atom stereocenters. The van der Waals surface area contributed by atoms with E-state index in [1.165, 1.54) is 12.1 Å². The van der Waals surface area contributed by atoms with Gasteiger partial charge in [-0.2, -0.15) is 13.2 Å². The molecule has 6 heteroatoms. The second-order valence-electron chi connectivity index (χ2n) is 5.18. The number of rotatable bonds is 7. The fourth-order valence-electron chi connectivity index (χ4n) is 2.53. The molecule has 0 spiro atoms. The van der Waals surface area contributed by atoms with Crippen molar-refractivity contribution in [2.45, 2.75) is 38.1 Å². The van der Waals surface area contributed by atoms with Crippen LogP contribution in [0.25, 0.3) is 0 Å². The molecule has 1 fully saturated rings. The maximum Gasteiger partial charge on any atom is 0.416 e. The lowest BCUT2D eigenvalue weighted by Gasteiger charge is -2.28. The van der Waals surface area contributed by atoms with Crippen molar-refractivity contribution < 1.29 is 27.4 Å². The predicted octanol–water partition coefficient (Wildman–Crippen LogP) is 4.11. The van der Waals surface area contributed by atoms with Crippen molar-refractivity contribution >= 4 is 0 Å². The molecule has 1 saturated heterocycles. The van der Waals surface area contributed by atoms with E-state index in [2.05, 4.69) is 0 Å². The number of benzene rings is 1. The Morgan fingerprint density at radius 3 is 2.27 bits per heavy atom. The molecule has 1 aliphatic heterocycles. The molecule has 2 rings (SSSR count). The first kappa shape index (κ1) is 17.2. The lowest BCUT2D eigenvalue weighted by atomic mass is 9.98. The van der Waals surface area contributed by atoms with Crippen molar-refractivity contribution in [3.63, 3.8) is 0 Å². The summed E-state index contributed by atoms with van der Waals surface area (Å²) in [5.74, 6) is -0.920. The largest absolute Gasteiger partial charge is 0.416 e. The van der Waals surface area contributed by atoms with Crippen molar-refractivity contribution in [2.75, 3.05) is 26.4 Å². The van der Waals surface area contributed by atoms with Crippen LogP contribution in [-0.2, 0) is 26.2 Å². The molecule has 22 heavy (non-hydrogen) atoms. The van der Waals surface area contributed by atoms with Crippen molar-refractivity contribution in [1.82, 2.24) is 0 Å². The van der Waals surface area contributed by atoms with Crippen molar-refractivity contribution in [3.8, 4) is 0 Å². The van der Waals surface area contributed by atoms with Gasteiger partial charge in [0.25, 0.3) is 0 Å². The molecular weight excluding hydrogens is 297 g/mol. The van der Waals surface area contributed by atoms with Crippen LogP contribution in [0.5, 0.6) is 0 Å². The van der Waals surface area contributed by atoms with E-state index in [4.69, 9.17) is 14.2 Å². The third kappa shape index (κ3) is 4.21. The highest BCUT2D eigenvalue weighted by molar-refractivity contribution is 5.28. The Labute approximate surface area is 128 Å². The smallest absolute Gasteiger partial charge is 0.382 e. The first-order valence-corrected chi connectivity index (χ1v) is 7.51. The summed E-state index contributed by atoms with van der Waals surface area (Å²) in [7, 11) is 0. The molecule has 0 saturated carbocycles. The second-order valence-corrected chi connectivity index (χ2v) is 5.18. The van der Waals surface area contributed by atoms with Gasteiger partial charge in [0.15, 0.2) is 5.79 Å². The molecule has 0 bridgehead atoms. The van der Waals surface area contributed by atoms with Gasteiger partial charge in [-0.05, 0) is 31.9 Å². The van der Waals surface area contributed by atoms with E-state index in [-0.39, 0.29) is 0 Å². The normalized spacial score (nSPS) is 17.8. The molecule has 1 aromatic rings. The van der Waals surface area contributed by atoms with Crippen LogP contribution in [0, 0.1) is 0 Å². The van der Waals surface area contributed by atoms with Crippen LogP contribution in [0.4, 0.5) is 13.2 Å². The van der Waals surface area contributed by atoms with Gasteiger partial charge in [-0.1, -0.05) is 12.1 Å². The topological polar surface area (TPSA) is 27.7 Å². The van der Waals surface area contributed by atoms with Gasteiger partial charge < -0.3 is 14.2 Å². The van der Waals surface area contributed by atoms with Crippen LogP contribution in [-0.4, -0.2) is 26.4 Å². The lowest BCUT2D eigenvalue weighted by molar-refractivity contribution is -0.172. The Kier molecular flexibility index (Phi) is 5.83. The molecule has 3 nitrogen and oxygen atoms in total. The van der Waals surface area contributed by atoms with Crippen LogP contribution in [0.2, 0.25) is 0 Å². The summed E-state index contributed by atoms with van der Waals surface area (Å²) in [6.07, 6.45) is -2.05. The Morgan fingerprint density at radius 2 is 1.73 bits per heavy atom. The quantitative estimate of drug-likeness (QED) is 0.708. The molecule has 1 aliphatic rings. The molecule has 0 radical (unpaired) electrons. The number of halogens is 3. The third-order valence-electron chi connectivity index (χ3n) is 3.65. The van der Waals surface area contributed by atoms with Gasteiger partial charge in [-0.25, -0.2) is 0 Å². The van der Waals surface area contributed by atoms with Gasteiger partial charge >= 0.3 is 6.18 Å². The highest BCUT2D eigenvalue weighted by atomic mass is 19.4. The van der Waals surface area contributed by atoms with Crippen LogP contribution >= 0.6 is 0 Å². The average molecular weight is 318 g/mol. The van der Waals surface area contributed by atoms with E-state index in [0.29, 0.717) is 38.4 Å². The molecule has 0 aliphatic carbocycles. The van der Waals surface area contributed by atoms with Crippen molar-refractivity contribution in [1.29, 1.82) is 0 Å². The summed E-state index contributed by atoms with van der Waals surface area (Å²) < 4.78 is 54.6. The van der Waals surface area contributed by atoms with E-state index in [1.54, 1.807) is 0 Å². The summed E-state index contributed by atoms with van der Waals surface area (Å²) in [6.45, 7) is 4.18. The highest BCUT2D eigenvalue weighted by Gasteiger charge is 2.39. The number of hydrogen-bond acceptors (Lipinski definition) is 3. The Morgan fingerprint density at radius 1 is 1.09 bits per heavy atom. The van der Waals surface area contributed by atoms with E-state index in [1.807, 2.05) is 6.92 Å². The molecular formula is C16H21F3O3. The summed E-state index contributed by atoms with van der Waals surface area (Å²) in [4.78, 5) is 0. The number of hydrogen-bond donors (Lipinski definition) is 0. The minimum Gasteiger partial charge on any atom is -0.382 e. The Hall–Kier alpha value is -1.11. The molecule has 0 amide bonds. The molecule has 0 aromatic heterocycles. The Bertz CT molecular complexity index is 451. The van der Waals surface area contributed by atoms with Gasteiger partial charge in [0.1, 0.15) is 0 Å². The fraction of sp³-hybridized carbons (Fsp3) is 0.625. The maximum absolute atomic E-state index is 12.6. The first-order valence-electron chi connectivity index (χ1n) is 7.51. The number of alkyl halides is 3. The zero-order chi connectivity index (χ0) is 16.1. The van der Waals surface area contributed by atoms with Crippen LogP contribution in [0.1, 0.15) is 37.3 Å². The van der Waals surface area contributed by atoms with E-state index in [9.17, 15) is 13.2 Å². The standard InChI is InChI=1S/C16H21F3O3/c1-2-20-10-4-3-9-15(21-11-12-22-15)13-5-7-14(8-6-13)16(17,18)19/h5-8H,2-4,9-12H2,1H3. The van der Waals surface area contributed by atoms with E-state index in [0.717, 1.165) is 25.0 Å². The summed E-state index contributed by atoms with van der Waals surface area (Å²) in [5.41, 5.74) is -0.0323. The second kappa shape index (κ2) is 7.44. The zero-order valence-electron chi connectivity index (χ0n) is 12.6. The summed E-state index contributed by atoms with van der Waals surface area (Å²) in [6, 6.07) is 5.03. The number of ether oxygens (including phenoxy) is 3. The maximum atomic E-state index is 12.6. The molecule has 1 heterocycles. The van der Waals surface area contributed by atoms with E-state index >= 15 is 0 Å². The predicted molar refractivity (Wildman–Crippen MR) is 75.4 cm³/mol. The molecule has 124 valence electrons. The molecule has 0 unspecified atom stereocenters. The van der Waals surface area contributed by atoms with Crippen molar-refractivity contribution in [3.05, 3.63) is 35.4 Å². The van der Waals surface area contributed by atoms with Gasteiger partial charge in [-0.15, -0.1) is 0 Å². The lowest BCUT2D eigenvalue weighted by Crippen LogP contribution is -2.27. The molecule has 0 N–H and O–H groups in total. The van der Waals surface area contributed by atoms with Crippen LogP contribution in [0.3, 0.4) is 0 Å². The fourth-order valence-corrected chi connectivity index (χ4v) is 2.53.